The molecule has 0 aliphatic carbocycles. The molecule has 3 saturated heterocycles. The molecular weight excluding hydrogens is 294 g/mol. The molecule has 3 aliphatic heterocycles. The van der Waals surface area contributed by atoms with E-state index in [0.717, 1.165) is 0 Å². The Morgan fingerprint density at radius 3 is 2.27 bits per heavy atom. The van der Waals surface area contributed by atoms with Crippen LogP contribution in [-0.2, 0) is 14.4 Å². The Hall–Kier alpha value is -2.65. The van der Waals surface area contributed by atoms with Gasteiger partial charge in [0, 0.05) is 13.1 Å². The Morgan fingerprint density at radius 2 is 1.77 bits per heavy atom. The molecule has 118 valence electrons. The molecule has 0 saturated carbocycles. The molecule has 1 atom stereocenters. The topological polar surface area (TPSA) is 137 Å². The fourth-order valence-corrected chi connectivity index (χ4v) is 2.92. The highest BCUT2D eigenvalue weighted by Crippen LogP contribution is 2.26. The molecule has 0 aromatic carbocycles. The number of urea groups is 2. The molecule has 1 spiro atoms. The third-order valence-corrected chi connectivity index (χ3v) is 4.22. The predicted molar refractivity (Wildman–Crippen MR) is 70.3 cm³/mol. The summed E-state index contributed by atoms with van der Waals surface area (Å²) in [6.07, 6.45) is 0.516. The molecule has 3 rings (SSSR count). The zero-order chi connectivity index (χ0) is 15.9. The van der Waals surface area contributed by atoms with Crippen LogP contribution < -0.4 is 21.3 Å². The SMILES string of the molecule is O=C1NC(=O)[C@H](CC(=O)N2CCC3(CC2)NC(=O)NC3=O)N1. The summed E-state index contributed by atoms with van der Waals surface area (Å²) < 4.78 is 0. The normalized spacial score (nSPS) is 26.5. The highest BCUT2D eigenvalue weighted by atomic mass is 16.2. The molecule has 10 nitrogen and oxygen atoms in total. The van der Waals surface area contributed by atoms with Crippen molar-refractivity contribution in [3.8, 4) is 0 Å². The zero-order valence-corrected chi connectivity index (χ0v) is 11.6. The maximum Gasteiger partial charge on any atom is 0.322 e. The number of amides is 7. The van der Waals surface area contributed by atoms with Crippen molar-refractivity contribution in [3.63, 3.8) is 0 Å². The molecule has 7 amide bonds. The molecule has 0 bridgehead atoms. The van der Waals surface area contributed by atoms with E-state index in [4.69, 9.17) is 0 Å². The molecular formula is C12H15N5O5. The van der Waals surface area contributed by atoms with E-state index < -0.39 is 29.6 Å². The number of nitrogens with zero attached hydrogens (tertiary/aromatic N) is 1. The van der Waals surface area contributed by atoms with Crippen molar-refractivity contribution < 1.29 is 24.0 Å². The van der Waals surface area contributed by atoms with Crippen molar-refractivity contribution in [1.29, 1.82) is 0 Å². The highest BCUT2D eigenvalue weighted by Gasteiger charge is 2.48. The fourth-order valence-electron chi connectivity index (χ4n) is 2.92. The Kier molecular flexibility index (Phi) is 3.23. The minimum absolute atomic E-state index is 0.122. The van der Waals surface area contributed by atoms with Crippen LogP contribution in [0.5, 0.6) is 0 Å². The Labute approximate surface area is 125 Å². The second-order valence-electron chi connectivity index (χ2n) is 5.59. The van der Waals surface area contributed by atoms with Crippen LogP contribution in [0.3, 0.4) is 0 Å². The van der Waals surface area contributed by atoms with Crippen LogP contribution in [-0.4, -0.2) is 59.4 Å². The maximum atomic E-state index is 12.2. The average molecular weight is 309 g/mol. The van der Waals surface area contributed by atoms with Crippen LogP contribution in [0, 0.1) is 0 Å². The molecule has 0 aromatic heterocycles. The summed E-state index contributed by atoms with van der Waals surface area (Å²) in [5, 5.41) is 9.24. The summed E-state index contributed by atoms with van der Waals surface area (Å²) in [5.74, 6) is -1.16. The van der Waals surface area contributed by atoms with E-state index in [1.165, 1.54) is 4.90 Å². The molecule has 3 fully saturated rings. The molecule has 0 unspecified atom stereocenters. The molecule has 0 radical (unpaired) electrons. The standard InChI is InChI=1S/C12H15N5O5/c18-7(5-6-8(19)14-10(21)13-6)17-3-1-12(2-4-17)9(20)15-11(22)16-12/h6H,1-5H2,(H2,13,14,19,21)(H2,15,16,20,22)/t6-/m0/s1. The molecule has 10 heteroatoms. The third kappa shape index (κ3) is 2.36. The number of rotatable bonds is 2. The molecule has 3 heterocycles. The van der Waals surface area contributed by atoms with Gasteiger partial charge in [-0.2, -0.15) is 0 Å². The maximum absolute atomic E-state index is 12.2. The van der Waals surface area contributed by atoms with Crippen molar-refractivity contribution in [2.75, 3.05) is 13.1 Å². The molecule has 4 N–H and O–H groups in total. The molecule has 0 aromatic rings. The zero-order valence-electron chi connectivity index (χ0n) is 11.6. The van der Waals surface area contributed by atoms with E-state index in [0.29, 0.717) is 25.9 Å². The van der Waals surface area contributed by atoms with Crippen molar-refractivity contribution >= 4 is 29.8 Å². The van der Waals surface area contributed by atoms with Gasteiger partial charge in [-0.3, -0.25) is 25.0 Å². The van der Waals surface area contributed by atoms with Gasteiger partial charge in [0.25, 0.3) is 11.8 Å². The molecule has 3 aliphatic rings. The minimum atomic E-state index is -0.938. The van der Waals surface area contributed by atoms with E-state index >= 15 is 0 Å². The van der Waals surface area contributed by atoms with Crippen molar-refractivity contribution in [3.05, 3.63) is 0 Å². The van der Waals surface area contributed by atoms with Gasteiger partial charge in [-0.15, -0.1) is 0 Å². The lowest BCUT2D eigenvalue weighted by atomic mass is 9.87. The summed E-state index contributed by atoms with van der Waals surface area (Å²) in [6.45, 7) is 0.601. The van der Waals surface area contributed by atoms with Gasteiger partial charge in [-0.05, 0) is 12.8 Å². The number of carbonyl (C=O) groups excluding carboxylic acids is 5. The van der Waals surface area contributed by atoms with E-state index in [1.54, 1.807) is 0 Å². The lowest BCUT2D eigenvalue weighted by Gasteiger charge is -2.37. The monoisotopic (exact) mass is 309 g/mol. The first-order valence-corrected chi connectivity index (χ1v) is 6.92. The van der Waals surface area contributed by atoms with Crippen LogP contribution >= 0.6 is 0 Å². The summed E-state index contributed by atoms with van der Waals surface area (Å²) in [6, 6.07) is -1.98. The largest absolute Gasteiger partial charge is 0.342 e. The molecule has 22 heavy (non-hydrogen) atoms. The summed E-state index contributed by atoms with van der Waals surface area (Å²) in [4.78, 5) is 59.1. The second kappa shape index (κ2) is 4.97. The lowest BCUT2D eigenvalue weighted by molar-refractivity contribution is -0.137. The van der Waals surface area contributed by atoms with Gasteiger partial charge in [0.05, 0.1) is 6.42 Å². The van der Waals surface area contributed by atoms with E-state index in [-0.39, 0.29) is 18.2 Å². The van der Waals surface area contributed by atoms with Crippen LogP contribution in [0.1, 0.15) is 19.3 Å². The van der Waals surface area contributed by atoms with E-state index in [9.17, 15) is 24.0 Å². The summed E-state index contributed by atoms with van der Waals surface area (Å²) in [5.41, 5.74) is -0.938. The Bertz CT molecular complexity index is 580. The van der Waals surface area contributed by atoms with Gasteiger partial charge in [-0.1, -0.05) is 0 Å². The van der Waals surface area contributed by atoms with Crippen LogP contribution in [0.25, 0.3) is 0 Å². The number of hydrogen-bond donors (Lipinski definition) is 4. The van der Waals surface area contributed by atoms with Crippen molar-refractivity contribution in [2.45, 2.75) is 30.8 Å². The second-order valence-corrected chi connectivity index (χ2v) is 5.59. The minimum Gasteiger partial charge on any atom is -0.342 e. The van der Waals surface area contributed by atoms with Gasteiger partial charge in [0.15, 0.2) is 0 Å². The predicted octanol–water partition coefficient (Wildman–Crippen LogP) is -2.21. The fraction of sp³-hybridized carbons (Fsp3) is 0.583. The van der Waals surface area contributed by atoms with E-state index in [1.807, 2.05) is 0 Å². The number of hydrogen-bond acceptors (Lipinski definition) is 5. The number of likely N-dealkylation sites (tertiary alicyclic amines) is 1. The van der Waals surface area contributed by atoms with Crippen LogP contribution in [0.4, 0.5) is 9.59 Å². The first-order chi connectivity index (χ1) is 10.4. The lowest BCUT2D eigenvalue weighted by Crippen LogP contribution is -2.56. The average Bonchev–Trinajstić information content (AvgIpc) is 2.90. The third-order valence-electron chi connectivity index (χ3n) is 4.22. The van der Waals surface area contributed by atoms with Gasteiger partial charge < -0.3 is 15.5 Å². The first kappa shape index (κ1) is 14.3. The van der Waals surface area contributed by atoms with Gasteiger partial charge in [0.2, 0.25) is 5.91 Å². The smallest absolute Gasteiger partial charge is 0.322 e. The van der Waals surface area contributed by atoms with Gasteiger partial charge >= 0.3 is 12.1 Å². The quantitative estimate of drug-likeness (QED) is 0.428. The van der Waals surface area contributed by atoms with Gasteiger partial charge in [-0.25, -0.2) is 9.59 Å². The number of imide groups is 2. The van der Waals surface area contributed by atoms with Crippen molar-refractivity contribution in [2.24, 2.45) is 0 Å². The Balaban J connectivity index is 1.56. The number of carbonyl (C=O) groups is 5. The van der Waals surface area contributed by atoms with Crippen molar-refractivity contribution in [1.82, 2.24) is 26.2 Å². The summed E-state index contributed by atoms with van der Waals surface area (Å²) in [7, 11) is 0. The van der Waals surface area contributed by atoms with E-state index in [2.05, 4.69) is 21.3 Å². The summed E-state index contributed by atoms with van der Waals surface area (Å²) >= 11 is 0. The van der Waals surface area contributed by atoms with Gasteiger partial charge in [0.1, 0.15) is 11.6 Å². The first-order valence-electron chi connectivity index (χ1n) is 6.92. The number of nitrogens with one attached hydrogen (secondary N) is 4. The van der Waals surface area contributed by atoms with Crippen LogP contribution in [0.2, 0.25) is 0 Å². The highest BCUT2D eigenvalue weighted by molar-refractivity contribution is 6.07. The number of piperidine rings is 1. The van der Waals surface area contributed by atoms with Crippen LogP contribution in [0.15, 0.2) is 0 Å². The Morgan fingerprint density at radius 1 is 1.09 bits per heavy atom.